The fourth-order valence-corrected chi connectivity index (χ4v) is 2.63. The first kappa shape index (κ1) is 16.1. The van der Waals surface area contributed by atoms with E-state index in [1.54, 1.807) is 11.1 Å². The van der Waals surface area contributed by atoms with E-state index in [-0.39, 0.29) is 6.09 Å². The number of piperidine rings is 1. The molecule has 0 atom stereocenters. The zero-order valence-electron chi connectivity index (χ0n) is 12.7. The Hall–Kier alpha value is -1.30. The minimum Gasteiger partial charge on any atom is -0.444 e. The third-order valence-electron chi connectivity index (χ3n) is 3.24. The Morgan fingerprint density at radius 3 is 2.67 bits per heavy atom. The van der Waals surface area contributed by atoms with Crippen LogP contribution in [0.2, 0.25) is 0 Å². The normalized spacial score (nSPS) is 16.7. The van der Waals surface area contributed by atoms with Gasteiger partial charge in [-0.3, -0.25) is 0 Å². The topological polar surface area (TPSA) is 54.5 Å². The molecule has 2 heterocycles. The van der Waals surface area contributed by atoms with Crippen LogP contribution in [-0.4, -0.2) is 40.7 Å². The molecule has 2 rings (SSSR count). The number of carbonyl (C=O) groups is 1. The Bertz CT molecular complexity index is 494. The number of amides is 1. The summed E-state index contributed by atoms with van der Waals surface area (Å²) in [4.78, 5) is 17.9. The second-order valence-electron chi connectivity index (χ2n) is 6.25. The van der Waals surface area contributed by atoms with Gasteiger partial charge in [-0.15, -0.1) is 0 Å². The molecule has 1 aromatic rings. The Balaban J connectivity index is 1.82. The number of hydrogen-bond donors (Lipinski definition) is 1. The van der Waals surface area contributed by atoms with Crippen molar-refractivity contribution < 1.29 is 9.53 Å². The van der Waals surface area contributed by atoms with E-state index in [0.717, 1.165) is 36.2 Å². The lowest BCUT2D eigenvalue weighted by Crippen LogP contribution is -2.44. The van der Waals surface area contributed by atoms with Crippen LogP contribution < -0.4 is 5.32 Å². The minimum absolute atomic E-state index is 0.215. The number of nitrogens with zero attached hydrogens (tertiary/aromatic N) is 2. The summed E-state index contributed by atoms with van der Waals surface area (Å²) >= 11 is 3.36. The largest absolute Gasteiger partial charge is 0.444 e. The summed E-state index contributed by atoms with van der Waals surface area (Å²) in [6.45, 7) is 7.11. The number of likely N-dealkylation sites (tertiary alicyclic amines) is 1. The number of nitrogens with one attached hydrogen (secondary N) is 1. The van der Waals surface area contributed by atoms with Gasteiger partial charge in [-0.2, -0.15) is 0 Å². The van der Waals surface area contributed by atoms with E-state index in [4.69, 9.17) is 4.74 Å². The van der Waals surface area contributed by atoms with Crippen LogP contribution in [0.15, 0.2) is 22.9 Å². The van der Waals surface area contributed by atoms with Crippen molar-refractivity contribution in [2.45, 2.75) is 45.3 Å². The lowest BCUT2D eigenvalue weighted by Gasteiger charge is -2.34. The molecule has 1 aromatic heterocycles. The molecule has 1 amide bonds. The first-order chi connectivity index (χ1) is 9.83. The van der Waals surface area contributed by atoms with Crippen molar-refractivity contribution in [2.24, 2.45) is 0 Å². The van der Waals surface area contributed by atoms with Gasteiger partial charge in [0.2, 0.25) is 0 Å². The standard InChI is InChI=1S/C15H22BrN3O2/c1-15(2,3)21-14(20)19-8-5-11(6-9-19)18-12-4-7-17-13(16)10-12/h4,7,10-11H,5-6,8-9H2,1-3H3,(H,17,18). The minimum atomic E-state index is -0.435. The summed E-state index contributed by atoms with van der Waals surface area (Å²) in [5, 5.41) is 3.48. The number of ether oxygens (including phenoxy) is 1. The lowest BCUT2D eigenvalue weighted by atomic mass is 10.1. The summed E-state index contributed by atoms with van der Waals surface area (Å²) in [6.07, 6.45) is 3.38. The monoisotopic (exact) mass is 355 g/mol. The van der Waals surface area contributed by atoms with Crippen LogP contribution in [-0.2, 0) is 4.74 Å². The van der Waals surface area contributed by atoms with Gasteiger partial charge in [0.25, 0.3) is 0 Å². The Kier molecular flexibility index (Phi) is 5.08. The summed E-state index contributed by atoms with van der Waals surface area (Å²) in [7, 11) is 0. The summed E-state index contributed by atoms with van der Waals surface area (Å²) in [6, 6.07) is 4.28. The molecule has 1 N–H and O–H groups in total. The van der Waals surface area contributed by atoms with Gasteiger partial charge >= 0.3 is 6.09 Å². The first-order valence-corrected chi connectivity index (χ1v) is 7.99. The Morgan fingerprint density at radius 2 is 2.10 bits per heavy atom. The summed E-state index contributed by atoms with van der Waals surface area (Å²) < 4.78 is 6.22. The summed E-state index contributed by atoms with van der Waals surface area (Å²) in [5.74, 6) is 0. The number of hydrogen-bond acceptors (Lipinski definition) is 4. The van der Waals surface area contributed by atoms with Crippen molar-refractivity contribution in [3.8, 4) is 0 Å². The highest BCUT2D eigenvalue weighted by atomic mass is 79.9. The van der Waals surface area contributed by atoms with E-state index in [1.165, 1.54) is 0 Å². The van der Waals surface area contributed by atoms with Gasteiger partial charge in [-0.1, -0.05) is 0 Å². The average Bonchev–Trinajstić information content (AvgIpc) is 2.37. The maximum atomic E-state index is 12.0. The third-order valence-corrected chi connectivity index (χ3v) is 3.68. The molecule has 0 aromatic carbocycles. The van der Waals surface area contributed by atoms with Crippen LogP contribution in [0.1, 0.15) is 33.6 Å². The zero-order chi connectivity index (χ0) is 15.5. The number of pyridine rings is 1. The van der Waals surface area contributed by atoms with E-state index in [9.17, 15) is 4.79 Å². The third kappa shape index (κ3) is 5.19. The van der Waals surface area contributed by atoms with Crippen molar-refractivity contribution >= 4 is 27.7 Å². The van der Waals surface area contributed by atoms with Gasteiger partial charge in [-0.05, 0) is 61.7 Å². The molecule has 0 unspecified atom stereocenters. The predicted molar refractivity (Wildman–Crippen MR) is 86.4 cm³/mol. The zero-order valence-corrected chi connectivity index (χ0v) is 14.3. The molecule has 1 aliphatic rings. The highest BCUT2D eigenvalue weighted by Gasteiger charge is 2.26. The van der Waals surface area contributed by atoms with Crippen LogP contribution in [0.4, 0.5) is 10.5 Å². The van der Waals surface area contributed by atoms with Crippen molar-refractivity contribution in [2.75, 3.05) is 18.4 Å². The van der Waals surface area contributed by atoms with E-state index >= 15 is 0 Å². The fourth-order valence-electron chi connectivity index (χ4n) is 2.26. The molecular formula is C15H22BrN3O2. The van der Waals surface area contributed by atoms with Crippen LogP contribution in [0.25, 0.3) is 0 Å². The molecule has 1 saturated heterocycles. The predicted octanol–water partition coefficient (Wildman–Crippen LogP) is 3.66. The van der Waals surface area contributed by atoms with Crippen molar-refractivity contribution in [1.29, 1.82) is 0 Å². The summed E-state index contributed by atoms with van der Waals surface area (Å²) in [5.41, 5.74) is 0.614. The number of aromatic nitrogens is 1. The number of anilines is 1. The molecule has 1 fully saturated rings. The molecule has 21 heavy (non-hydrogen) atoms. The molecular weight excluding hydrogens is 334 g/mol. The number of halogens is 1. The van der Waals surface area contributed by atoms with Crippen LogP contribution in [0.5, 0.6) is 0 Å². The molecule has 116 valence electrons. The van der Waals surface area contributed by atoms with E-state index in [0.29, 0.717) is 6.04 Å². The molecule has 0 aliphatic carbocycles. The van der Waals surface area contributed by atoms with Crippen molar-refractivity contribution in [1.82, 2.24) is 9.88 Å². The number of rotatable bonds is 2. The van der Waals surface area contributed by atoms with E-state index in [2.05, 4.69) is 26.2 Å². The van der Waals surface area contributed by atoms with Crippen LogP contribution in [0, 0.1) is 0 Å². The molecule has 1 aliphatic heterocycles. The SMILES string of the molecule is CC(C)(C)OC(=O)N1CCC(Nc2ccnc(Br)c2)CC1. The Labute approximate surface area is 134 Å². The van der Waals surface area contributed by atoms with Crippen LogP contribution in [0.3, 0.4) is 0 Å². The molecule has 0 saturated carbocycles. The molecule has 0 spiro atoms. The lowest BCUT2D eigenvalue weighted by molar-refractivity contribution is 0.0210. The van der Waals surface area contributed by atoms with Gasteiger partial charge in [0.05, 0.1) is 0 Å². The molecule has 0 bridgehead atoms. The maximum absolute atomic E-state index is 12.0. The second-order valence-corrected chi connectivity index (χ2v) is 7.07. The van der Waals surface area contributed by atoms with Crippen LogP contribution >= 0.6 is 15.9 Å². The first-order valence-electron chi connectivity index (χ1n) is 7.19. The molecule has 5 nitrogen and oxygen atoms in total. The second kappa shape index (κ2) is 6.64. The van der Waals surface area contributed by atoms with Gasteiger partial charge < -0.3 is 15.0 Å². The van der Waals surface area contributed by atoms with Crippen molar-refractivity contribution in [3.63, 3.8) is 0 Å². The van der Waals surface area contributed by atoms with E-state index in [1.807, 2.05) is 32.9 Å². The molecule has 0 radical (unpaired) electrons. The highest BCUT2D eigenvalue weighted by molar-refractivity contribution is 9.10. The van der Waals surface area contributed by atoms with E-state index < -0.39 is 5.60 Å². The Morgan fingerprint density at radius 1 is 1.43 bits per heavy atom. The number of carbonyl (C=O) groups excluding carboxylic acids is 1. The van der Waals surface area contributed by atoms with Gasteiger partial charge in [-0.25, -0.2) is 9.78 Å². The smallest absolute Gasteiger partial charge is 0.410 e. The van der Waals surface area contributed by atoms with Crippen molar-refractivity contribution in [3.05, 3.63) is 22.9 Å². The molecule has 6 heteroatoms. The highest BCUT2D eigenvalue weighted by Crippen LogP contribution is 2.20. The quantitative estimate of drug-likeness (QED) is 0.822. The average molecular weight is 356 g/mol. The van der Waals surface area contributed by atoms with Gasteiger partial charge in [0.1, 0.15) is 10.2 Å². The maximum Gasteiger partial charge on any atom is 0.410 e. The fraction of sp³-hybridized carbons (Fsp3) is 0.600. The van der Waals surface area contributed by atoms with Gasteiger partial charge in [0.15, 0.2) is 0 Å². The van der Waals surface area contributed by atoms with Gasteiger partial charge in [0, 0.05) is 31.0 Å².